The van der Waals surface area contributed by atoms with E-state index >= 15 is 0 Å². The Bertz CT molecular complexity index is 401. The number of hydrogen-bond donors (Lipinski definition) is 0. The first-order valence-electron chi connectivity index (χ1n) is 6.24. The van der Waals surface area contributed by atoms with Crippen LogP contribution in [0.5, 0.6) is 0 Å². The Hall–Kier alpha value is -1.24. The first-order chi connectivity index (χ1) is 9.02. The molecule has 2 atom stereocenters. The lowest BCUT2D eigenvalue weighted by molar-refractivity contribution is -0.146. The molecule has 0 aromatic heterocycles. The summed E-state index contributed by atoms with van der Waals surface area (Å²) in [5, 5.41) is 0. The summed E-state index contributed by atoms with van der Waals surface area (Å²) >= 11 is 1.52. The highest BCUT2D eigenvalue weighted by Crippen LogP contribution is 2.24. The van der Waals surface area contributed by atoms with Crippen LogP contribution < -0.4 is 0 Å². The fourth-order valence-electron chi connectivity index (χ4n) is 2.43. The Morgan fingerprint density at radius 3 is 2.74 bits per heavy atom. The van der Waals surface area contributed by atoms with Crippen molar-refractivity contribution in [2.45, 2.75) is 6.92 Å². The quantitative estimate of drug-likeness (QED) is 0.671. The topological polar surface area (TPSA) is 66.9 Å². The minimum absolute atomic E-state index is 0.00936. The van der Waals surface area contributed by atoms with Gasteiger partial charge in [-0.25, -0.2) is 0 Å². The summed E-state index contributed by atoms with van der Waals surface area (Å²) in [4.78, 5) is 38.4. The molecule has 19 heavy (non-hydrogen) atoms. The number of nitrogens with zero attached hydrogens (tertiary/aromatic N) is 2. The Kier molecular flexibility index (Phi) is 4.34. The van der Waals surface area contributed by atoms with Crippen molar-refractivity contribution in [3.63, 3.8) is 0 Å². The highest BCUT2D eigenvalue weighted by Gasteiger charge is 2.38. The molecule has 2 fully saturated rings. The lowest BCUT2D eigenvalue weighted by Gasteiger charge is -2.20. The molecule has 2 saturated heterocycles. The summed E-state index contributed by atoms with van der Waals surface area (Å²) in [5.41, 5.74) is 0. The smallest absolute Gasteiger partial charge is 0.310 e. The van der Waals surface area contributed by atoms with E-state index in [1.807, 2.05) is 6.92 Å². The van der Waals surface area contributed by atoms with Gasteiger partial charge in [0.2, 0.25) is 11.8 Å². The Morgan fingerprint density at radius 1 is 1.42 bits per heavy atom. The maximum Gasteiger partial charge on any atom is 0.310 e. The van der Waals surface area contributed by atoms with Gasteiger partial charge in [-0.15, -0.1) is 11.8 Å². The number of hydrogen-bond acceptors (Lipinski definition) is 5. The molecule has 0 aromatic carbocycles. The standard InChI is InChI=1S/C12H18N2O4S/c1-8-3-13(4-9(8)12(17)18-2)10(15)5-14-7-19-6-11(14)16/h8-9H,3-7H2,1-2H3. The zero-order chi connectivity index (χ0) is 14.0. The minimum atomic E-state index is -0.268. The molecule has 106 valence electrons. The number of carbonyl (C=O) groups is 3. The second-order valence-electron chi connectivity index (χ2n) is 4.97. The third kappa shape index (κ3) is 3.02. The number of thioether (sulfide) groups is 1. The summed E-state index contributed by atoms with van der Waals surface area (Å²) in [7, 11) is 1.36. The van der Waals surface area contributed by atoms with Crippen LogP contribution in [-0.4, -0.2) is 66.0 Å². The molecule has 6 nitrogen and oxygen atoms in total. The largest absolute Gasteiger partial charge is 0.469 e. The zero-order valence-corrected chi connectivity index (χ0v) is 11.9. The summed E-state index contributed by atoms with van der Waals surface area (Å²) in [5.74, 6) is 0.528. The van der Waals surface area contributed by atoms with E-state index in [1.54, 1.807) is 9.80 Å². The van der Waals surface area contributed by atoms with Gasteiger partial charge >= 0.3 is 5.97 Å². The molecule has 2 aliphatic heterocycles. The molecule has 0 radical (unpaired) electrons. The Balaban J connectivity index is 1.90. The van der Waals surface area contributed by atoms with Crippen molar-refractivity contribution in [3.05, 3.63) is 0 Å². The zero-order valence-electron chi connectivity index (χ0n) is 11.1. The number of amides is 2. The molecule has 7 heteroatoms. The number of ether oxygens (including phenoxy) is 1. The predicted octanol–water partition coefficient (Wildman–Crippen LogP) is -0.213. The van der Waals surface area contributed by atoms with Gasteiger partial charge in [-0.3, -0.25) is 14.4 Å². The van der Waals surface area contributed by atoms with Crippen molar-refractivity contribution in [1.82, 2.24) is 9.80 Å². The maximum absolute atomic E-state index is 12.1. The average molecular weight is 286 g/mol. The maximum atomic E-state index is 12.1. The molecule has 0 aliphatic carbocycles. The lowest BCUT2D eigenvalue weighted by Crippen LogP contribution is -2.40. The van der Waals surface area contributed by atoms with Gasteiger partial charge in [-0.1, -0.05) is 6.92 Å². The van der Waals surface area contributed by atoms with Crippen LogP contribution in [0.3, 0.4) is 0 Å². The summed E-state index contributed by atoms with van der Waals surface area (Å²) in [6.45, 7) is 2.99. The van der Waals surface area contributed by atoms with Gasteiger partial charge in [0.25, 0.3) is 0 Å². The number of carbonyl (C=O) groups excluding carboxylic acids is 3. The minimum Gasteiger partial charge on any atom is -0.469 e. The molecule has 2 amide bonds. The number of esters is 1. The SMILES string of the molecule is COC(=O)C1CN(C(=O)CN2CSCC2=O)CC1C. The van der Waals surface area contributed by atoms with Gasteiger partial charge in [0, 0.05) is 13.1 Å². The molecule has 2 aliphatic rings. The van der Waals surface area contributed by atoms with Crippen molar-refractivity contribution in [3.8, 4) is 0 Å². The van der Waals surface area contributed by atoms with Crippen molar-refractivity contribution in [2.75, 3.05) is 38.4 Å². The van der Waals surface area contributed by atoms with E-state index in [4.69, 9.17) is 4.74 Å². The lowest BCUT2D eigenvalue weighted by atomic mass is 9.99. The predicted molar refractivity (Wildman–Crippen MR) is 70.3 cm³/mol. The van der Waals surface area contributed by atoms with Crippen LogP contribution in [0.25, 0.3) is 0 Å². The molecule has 0 aromatic rings. The molecule has 0 spiro atoms. The summed E-state index contributed by atoms with van der Waals surface area (Å²) < 4.78 is 4.74. The van der Waals surface area contributed by atoms with Crippen LogP contribution in [0.4, 0.5) is 0 Å². The van der Waals surface area contributed by atoms with Gasteiger partial charge in [0.1, 0.15) is 6.54 Å². The first kappa shape index (κ1) is 14.2. The Morgan fingerprint density at radius 2 is 2.16 bits per heavy atom. The van der Waals surface area contributed by atoms with E-state index < -0.39 is 0 Å². The normalized spacial score (nSPS) is 26.9. The number of methoxy groups -OCH3 is 1. The van der Waals surface area contributed by atoms with Crippen LogP contribution in [-0.2, 0) is 19.1 Å². The van der Waals surface area contributed by atoms with Crippen molar-refractivity contribution in [1.29, 1.82) is 0 Å². The molecular weight excluding hydrogens is 268 g/mol. The van der Waals surface area contributed by atoms with Gasteiger partial charge < -0.3 is 14.5 Å². The van der Waals surface area contributed by atoms with E-state index in [2.05, 4.69) is 0 Å². The summed E-state index contributed by atoms with van der Waals surface area (Å²) in [6, 6.07) is 0. The van der Waals surface area contributed by atoms with Crippen LogP contribution in [0.2, 0.25) is 0 Å². The second-order valence-corrected chi connectivity index (χ2v) is 5.93. The fraction of sp³-hybridized carbons (Fsp3) is 0.750. The highest BCUT2D eigenvalue weighted by molar-refractivity contribution is 8.00. The second kappa shape index (κ2) is 5.81. The molecule has 2 rings (SSSR count). The molecule has 2 unspecified atom stereocenters. The fourth-order valence-corrected chi connectivity index (χ4v) is 3.34. The molecular formula is C12H18N2O4S. The molecule has 0 saturated carbocycles. The number of rotatable bonds is 3. The Labute approximate surface area is 116 Å². The van der Waals surface area contributed by atoms with Crippen molar-refractivity contribution in [2.24, 2.45) is 11.8 Å². The summed E-state index contributed by atoms with van der Waals surface area (Å²) in [6.07, 6.45) is 0. The van der Waals surface area contributed by atoms with Crippen molar-refractivity contribution >= 4 is 29.5 Å². The van der Waals surface area contributed by atoms with Crippen molar-refractivity contribution < 1.29 is 19.1 Å². The molecule has 0 bridgehead atoms. The highest BCUT2D eigenvalue weighted by atomic mass is 32.2. The van der Waals surface area contributed by atoms with Gasteiger partial charge in [-0.2, -0.15) is 0 Å². The van der Waals surface area contributed by atoms with E-state index in [-0.39, 0.29) is 36.2 Å². The van der Waals surface area contributed by atoms with E-state index in [0.717, 1.165) is 0 Å². The average Bonchev–Trinajstić information content (AvgIpc) is 2.95. The van der Waals surface area contributed by atoms with Gasteiger partial charge in [0.05, 0.1) is 24.7 Å². The van der Waals surface area contributed by atoms with Crippen LogP contribution in [0.15, 0.2) is 0 Å². The van der Waals surface area contributed by atoms with Crippen LogP contribution in [0.1, 0.15) is 6.92 Å². The number of likely N-dealkylation sites (tertiary alicyclic amines) is 1. The third-order valence-electron chi connectivity index (χ3n) is 3.62. The van der Waals surface area contributed by atoms with Crippen LogP contribution >= 0.6 is 11.8 Å². The third-order valence-corrected chi connectivity index (χ3v) is 4.57. The van der Waals surface area contributed by atoms with E-state index in [1.165, 1.54) is 18.9 Å². The molecule has 0 N–H and O–H groups in total. The van der Waals surface area contributed by atoms with E-state index in [0.29, 0.717) is 24.7 Å². The van der Waals surface area contributed by atoms with E-state index in [9.17, 15) is 14.4 Å². The van der Waals surface area contributed by atoms with Gasteiger partial charge in [-0.05, 0) is 5.92 Å². The monoisotopic (exact) mass is 286 g/mol. The first-order valence-corrected chi connectivity index (χ1v) is 7.39. The molecule has 2 heterocycles. The van der Waals surface area contributed by atoms with Crippen LogP contribution in [0, 0.1) is 11.8 Å². The van der Waals surface area contributed by atoms with Gasteiger partial charge in [0.15, 0.2) is 0 Å².